The molecule has 1 aromatic heterocycles. The van der Waals surface area contributed by atoms with Gasteiger partial charge < -0.3 is 35.7 Å². The third kappa shape index (κ3) is 12.3. The standard InChI is InChI=1S/C43H61FN6O6/c1-28(2)22-37(46-40(52)26-49-19-15-30(16-20-49)17-21-51)41(53)47-38(23-29(3)4)42(54)48-39(24-31-25-45-36-10-6-5-9-35(31)36)43(55)50-18-7-8-33(50)27-56-34-13-11-32(44)12-14-34/h5-6,9-14,25,28-30,33,37-39,45,51H,7-8,15-24,26-27H2,1-4H3,(H,46,52)(H,47,53)(H,48,54)/t33-,37-,38-,39-/m0/s1. The minimum Gasteiger partial charge on any atom is -0.491 e. The molecule has 2 aromatic carbocycles. The van der Waals surface area contributed by atoms with E-state index in [1.165, 1.54) is 12.1 Å². The highest BCUT2D eigenvalue weighted by Gasteiger charge is 2.37. The predicted octanol–water partition coefficient (Wildman–Crippen LogP) is 4.56. The highest BCUT2D eigenvalue weighted by atomic mass is 19.1. The minimum absolute atomic E-state index is 0.0345. The normalized spacial score (nSPS) is 18.2. The molecule has 13 heteroatoms. The van der Waals surface area contributed by atoms with Crippen molar-refractivity contribution < 1.29 is 33.4 Å². The predicted molar refractivity (Wildman–Crippen MR) is 214 cm³/mol. The van der Waals surface area contributed by atoms with Crippen molar-refractivity contribution in [3.05, 3.63) is 66.1 Å². The molecule has 3 aromatic rings. The summed E-state index contributed by atoms with van der Waals surface area (Å²) in [7, 11) is 0. The molecule has 56 heavy (non-hydrogen) atoms. The molecular formula is C43H61FN6O6. The first-order valence-electron chi connectivity index (χ1n) is 20.4. The van der Waals surface area contributed by atoms with E-state index in [1.807, 2.05) is 58.2 Å². The summed E-state index contributed by atoms with van der Waals surface area (Å²) in [6.45, 7) is 10.5. The van der Waals surface area contributed by atoms with Gasteiger partial charge in [-0.15, -0.1) is 0 Å². The number of aromatic nitrogens is 1. The number of likely N-dealkylation sites (tertiary alicyclic amines) is 2. The Morgan fingerprint density at radius 3 is 2.16 bits per heavy atom. The number of nitrogens with one attached hydrogen (secondary N) is 4. The van der Waals surface area contributed by atoms with Gasteiger partial charge in [0.1, 0.15) is 36.3 Å². The van der Waals surface area contributed by atoms with Crippen molar-refractivity contribution in [2.75, 3.05) is 39.4 Å². The second-order valence-electron chi connectivity index (χ2n) is 16.4. The quantitative estimate of drug-likeness (QED) is 0.120. The smallest absolute Gasteiger partial charge is 0.245 e. The summed E-state index contributed by atoms with van der Waals surface area (Å²) in [6, 6.07) is 10.6. The molecule has 0 bridgehead atoms. The average molecular weight is 777 g/mol. The number of carbonyl (C=O) groups is 4. The zero-order valence-corrected chi connectivity index (χ0v) is 33.4. The van der Waals surface area contributed by atoms with E-state index < -0.39 is 29.9 Å². The van der Waals surface area contributed by atoms with Gasteiger partial charge >= 0.3 is 0 Å². The summed E-state index contributed by atoms with van der Waals surface area (Å²) in [5.41, 5.74) is 1.79. The molecule has 4 amide bonds. The van der Waals surface area contributed by atoms with E-state index >= 15 is 0 Å². The number of hydrogen-bond acceptors (Lipinski definition) is 7. The summed E-state index contributed by atoms with van der Waals surface area (Å²) in [4.78, 5) is 63.1. The van der Waals surface area contributed by atoms with E-state index in [1.54, 1.807) is 17.0 Å². The monoisotopic (exact) mass is 776 g/mol. The van der Waals surface area contributed by atoms with Crippen LogP contribution in [-0.2, 0) is 25.6 Å². The molecule has 5 N–H and O–H groups in total. The van der Waals surface area contributed by atoms with E-state index in [9.17, 15) is 28.7 Å². The van der Waals surface area contributed by atoms with Gasteiger partial charge in [-0.2, -0.15) is 0 Å². The lowest BCUT2D eigenvalue weighted by atomic mass is 9.94. The first kappa shape index (κ1) is 42.6. The number of para-hydroxylation sites is 1. The highest BCUT2D eigenvalue weighted by molar-refractivity contribution is 5.95. The number of aromatic amines is 1. The Kier molecular flexibility index (Phi) is 15.7. The Morgan fingerprint density at radius 1 is 0.857 bits per heavy atom. The molecule has 0 aliphatic carbocycles. The van der Waals surface area contributed by atoms with Gasteiger partial charge in [-0.3, -0.25) is 24.1 Å². The zero-order chi connectivity index (χ0) is 40.2. The first-order chi connectivity index (χ1) is 26.9. The molecule has 2 aliphatic rings. The largest absolute Gasteiger partial charge is 0.491 e. The SMILES string of the molecule is CC(C)C[C@H](NC(=O)CN1CCC(CCO)CC1)C(=O)N[C@@H](CC(C)C)C(=O)N[C@@H](Cc1c[nH]c2ccccc12)C(=O)N1CCC[C@H]1COc1ccc(F)cc1. The second kappa shape index (κ2) is 20.6. The topological polar surface area (TPSA) is 156 Å². The number of fused-ring (bicyclic) bond motifs is 1. The number of rotatable bonds is 19. The number of halogens is 1. The molecule has 4 atom stereocenters. The molecule has 2 saturated heterocycles. The molecule has 5 rings (SSSR count). The van der Waals surface area contributed by atoms with Crippen LogP contribution in [0.15, 0.2) is 54.7 Å². The lowest BCUT2D eigenvalue weighted by molar-refractivity contribution is -0.138. The molecular weight excluding hydrogens is 716 g/mol. The van der Waals surface area contributed by atoms with Crippen LogP contribution in [0.25, 0.3) is 10.9 Å². The molecule has 12 nitrogen and oxygen atoms in total. The van der Waals surface area contributed by atoms with Crippen LogP contribution in [0.5, 0.6) is 5.75 Å². The van der Waals surface area contributed by atoms with Crippen LogP contribution < -0.4 is 20.7 Å². The van der Waals surface area contributed by atoms with Gasteiger partial charge in [0, 0.05) is 36.7 Å². The summed E-state index contributed by atoms with van der Waals surface area (Å²) in [6.07, 6.45) is 6.91. The van der Waals surface area contributed by atoms with E-state index in [0.717, 1.165) is 61.7 Å². The Bertz CT molecular complexity index is 1740. The van der Waals surface area contributed by atoms with E-state index in [4.69, 9.17) is 4.74 Å². The highest BCUT2D eigenvalue weighted by Crippen LogP contribution is 2.25. The van der Waals surface area contributed by atoms with Gasteiger partial charge in [0.2, 0.25) is 23.6 Å². The third-order valence-corrected chi connectivity index (χ3v) is 10.9. The summed E-state index contributed by atoms with van der Waals surface area (Å²) >= 11 is 0. The van der Waals surface area contributed by atoms with Gasteiger partial charge in [-0.1, -0.05) is 45.9 Å². The van der Waals surface area contributed by atoms with E-state index in [2.05, 4.69) is 25.8 Å². The lowest BCUT2D eigenvalue weighted by Crippen LogP contribution is -2.58. The van der Waals surface area contributed by atoms with Gasteiger partial charge in [0.15, 0.2) is 0 Å². The Labute approximate surface area is 330 Å². The van der Waals surface area contributed by atoms with Crippen LogP contribution in [0.1, 0.15) is 78.2 Å². The third-order valence-electron chi connectivity index (χ3n) is 10.9. The van der Waals surface area contributed by atoms with Crippen molar-refractivity contribution in [2.45, 2.75) is 103 Å². The van der Waals surface area contributed by atoms with Crippen molar-refractivity contribution in [1.29, 1.82) is 0 Å². The van der Waals surface area contributed by atoms with Gasteiger partial charge in [0.05, 0.1) is 12.6 Å². The fraction of sp³-hybridized carbons (Fsp3) is 0.581. The van der Waals surface area contributed by atoms with Crippen molar-refractivity contribution in [1.82, 2.24) is 30.7 Å². The lowest BCUT2D eigenvalue weighted by Gasteiger charge is -2.32. The molecule has 306 valence electrons. The van der Waals surface area contributed by atoms with Crippen molar-refractivity contribution in [2.24, 2.45) is 17.8 Å². The number of aliphatic hydroxyl groups is 1. The van der Waals surface area contributed by atoms with Gasteiger partial charge in [-0.05, 0) is 112 Å². The summed E-state index contributed by atoms with van der Waals surface area (Å²) < 4.78 is 19.5. The molecule has 0 radical (unpaired) electrons. The van der Waals surface area contributed by atoms with Gasteiger partial charge in [-0.25, -0.2) is 4.39 Å². The Balaban J connectivity index is 1.30. The van der Waals surface area contributed by atoms with Crippen LogP contribution in [0.3, 0.4) is 0 Å². The molecule has 0 spiro atoms. The number of amides is 4. The maximum atomic E-state index is 14.5. The average Bonchev–Trinajstić information content (AvgIpc) is 3.81. The summed E-state index contributed by atoms with van der Waals surface area (Å²) in [5.74, 6) is -0.664. The number of benzene rings is 2. The number of H-pyrrole nitrogens is 1. The number of hydrogen-bond donors (Lipinski definition) is 5. The Hall–Kier alpha value is -4.49. The number of piperidine rings is 1. The summed E-state index contributed by atoms with van der Waals surface area (Å²) in [5, 5.41) is 19.2. The maximum Gasteiger partial charge on any atom is 0.245 e. The maximum absolute atomic E-state index is 14.5. The first-order valence-corrected chi connectivity index (χ1v) is 20.4. The zero-order valence-electron chi connectivity index (χ0n) is 33.4. The number of ether oxygens (including phenoxy) is 1. The van der Waals surface area contributed by atoms with Crippen molar-refractivity contribution in [3.63, 3.8) is 0 Å². The van der Waals surface area contributed by atoms with Crippen LogP contribution in [0.2, 0.25) is 0 Å². The number of aliphatic hydroxyl groups excluding tert-OH is 1. The van der Waals surface area contributed by atoms with E-state index in [0.29, 0.717) is 31.1 Å². The van der Waals surface area contributed by atoms with Crippen LogP contribution in [0.4, 0.5) is 4.39 Å². The number of carbonyl (C=O) groups excluding carboxylic acids is 4. The fourth-order valence-corrected chi connectivity index (χ4v) is 7.95. The van der Waals surface area contributed by atoms with Crippen LogP contribution in [0, 0.1) is 23.6 Å². The van der Waals surface area contributed by atoms with E-state index in [-0.39, 0.29) is 61.7 Å². The minimum atomic E-state index is -0.950. The molecule has 0 saturated carbocycles. The molecule has 3 heterocycles. The molecule has 0 unspecified atom stereocenters. The van der Waals surface area contributed by atoms with Crippen molar-refractivity contribution in [3.8, 4) is 5.75 Å². The van der Waals surface area contributed by atoms with Gasteiger partial charge in [0.25, 0.3) is 0 Å². The van der Waals surface area contributed by atoms with Crippen LogP contribution >= 0.6 is 0 Å². The van der Waals surface area contributed by atoms with Crippen LogP contribution in [-0.4, -0.2) is 107 Å². The molecule has 2 fully saturated rings. The second-order valence-corrected chi connectivity index (χ2v) is 16.4. The Morgan fingerprint density at radius 2 is 1.50 bits per heavy atom. The van der Waals surface area contributed by atoms with Crippen molar-refractivity contribution >= 4 is 34.5 Å². The number of nitrogens with zero attached hydrogens (tertiary/aromatic N) is 2. The fourth-order valence-electron chi connectivity index (χ4n) is 7.95. The molecule has 2 aliphatic heterocycles.